The van der Waals surface area contributed by atoms with Crippen LogP contribution < -0.4 is 5.73 Å². The minimum atomic E-state index is 0.578. The lowest BCUT2D eigenvalue weighted by Crippen LogP contribution is -1.83. The summed E-state index contributed by atoms with van der Waals surface area (Å²) in [6.45, 7) is 0. The number of hydrogen-bond acceptors (Lipinski definition) is 5. The molecule has 2 aromatic heterocycles. The van der Waals surface area contributed by atoms with Crippen molar-refractivity contribution < 1.29 is 0 Å². The van der Waals surface area contributed by atoms with Gasteiger partial charge in [-0.2, -0.15) is 0 Å². The third-order valence-electron chi connectivity index (χ3n) is 2.31. The minimum absolute atomic E-state index is 0.578. The molecule has 0 aliphatic heterocycles. The Balaban J connectivity index is 1.99. The van der Waals surface area contributed by atoms with Crippen molar-refractivity contribution in [3.8, 4) is 22.0 Å². The monoisotopic (exact) mass is 259 g/mol. The summed E-state index contributed by atoms with van der Waals surface area (Å²) in [5, 5.41) is 5.53. The topological polar surface area (TPSA) is 51.8 Å². The molecule has 5 heteroatoms. The van der Waals surface area contributed by atoms with E-state index in [4.69, 9.17) is 5.73 Å². The van der Waals surface area contributed by atoms with Crippen LogP contribution in [-0.2, 0) is 0 Å². The van der Waals surface area contributed by atoms with Crippen molar-refractivity contribution >= 4 is 27.8 Å². The fourth-order valence-electron chi connectivity index (χ4n) is 1.51. The van der Waals surface area contributed by atoms with E-state index in [1.807, 2.05) is 29.0 Å². The molecule has 0 spiro atoms. The summed E-state index contributed by atoms with van der Waals surface area (Å²) >= 11 is 3.06. The summed E-state index contributed by atoms with van der Waals surface area (Å²) in [7, 11) is 0. The zero-order chi connectivity index (χ0) is 11.7. The first kappa shape index (κ1) is 10.4. The molecule has 84 valence electrons. The molecule has 3 rings (SSSR count). The van der Waals surface area contributed by atoms with Crippen LogP contribution in [0.1, 0.15) is 0 Å². The molecule has 0 amide bonds. The van der Waals surface area contributed by atoms with Crippen LogP contribution in [0, 0.1) is 0 Å². The fourth-order valence-corrected chi connectivity index (χ4v) is 2.89. The van der Waals surface area contributed by atoms with Gasteiger partial charge in [-0.15, -0.1) is 22.7 Å². The Morgan fingerprint density at radius 3 is 2.29 bits per heavy atom. The predicted molar refractivity (Wildman–Crippen MR) is 73.1 cm³/mol. The molecule has 0 radical (unpaired) electrons. The van der Waals surface area contributed by atoms with E-state index >= 15 is 0 Å². The average molecular weight is 259 g/mol. The molecular weight excluding hydrogens is 250 g/mol. The molecule has 0 atom stereocenters. The molecule has 3 aromatic rings. The maximum Gasteiger partial charge on any atom is 0.180 e. The van der Waals surface area contributed by atoms with Crippen LogP contribution in [0.5, 0.6) is 0 Å². The molecule has 2 N–H and O–H groups in total. The van der Waals surface area contributed by atoms with Gasteiger partial charge < -0.3 is 5.73 Å². The second-order valence-electron chi connectivity index (χ2n) is 3.47. The van der Waals surface area contributed by atoms with Gasteiger partial charge >= 0.3 is 0 Å². The summed E-state index contributed by atoms with van der Waals surface area (Å²) in [6.07, 6.45) is 0. The van der Waals surface area contributed by atoms with E-state index < -0.39 is 0 Å². The highest BCUT2D eigenvalue weighted by molar-refractivity contribution is 7.14. The highest BCUT2D eigenvalue weighted by atomic mass is 32.1. The van der Waals surface area contributed by atoms with E-state index in [1.165, 1.54) is 11.3 Å². The van der Waals surface area contributed by atoms with E-state index in [0.717, 1.165) is 22.0 Å². The number of hydrogen-bond donors (Lipinski definition) is 1. The van der Waals surface area contributed by atoms with Gasteiger partial charge in [0, 0.05) is 16.3 Å². The minimum Gasteiger partial charge on any atom is -0.375 e. The van der Waals surface area contributed by atoms with E-state index in [2.05, 4.69) is 22.1 Å². The first-order valence-electron chi connectivity index (χ1n) is 5.05. The van der Waals surface area contributed by atoms with Crippen LogP contribution in [0.4, 0.5) is 5.13 Å². The highest BCUT2D eigenvalue weighted by Gasteiger charge is 2.08. The van der Waals surface area contributed by atoms with Crippen LogP contribution in [-0.4, -0.2) is 9.97 Å². The van der Waals surface area contributed by atoms with Crippen LogP contribution >= 0.6 is 22.7 Å². The van der Waals surface area contributed by atoms with Gasteiger partial charge in [-0.05, 0) is 0 Å². The van der Waals surface area contributed by atoms with Crippen LogP contribution in [0.15, 0.2) is 41.1 Å². The average Bonchev–Trinajstić information content (AvgIpc) is 2.98. The summed E-state index contributed by atoms with van der Waals surface area (Å²) in [4.78, 5) is 8.80. The van der Waals surface area contributed by atoms with Crippen molar-refractivity contribution in [1.29, 1.82) is 0 Å². The van der Waals surface area contributed by atoms with Gasteiger partial charge in [-0.3, -0.25) is 0 Å². The zero-order valence-electron chi connectivity index (χ0n) is 8.83. The van der Waals surface area contributed by atoms with E-state index in [1.54, 1.807) is 11.3 Å². The Morgan fingerprint density at radius 1 is 0.882 bits per heavy atom. The molecule has 1 aromatic carbocycles. The van der Waals surface area contributed by atoms with Crippen molar-refractivity contribution in [3.63, 3.8) is 0 Å². The van der Waals surface area contributed by atoms with Crippen molar-refractivity contribution in [3.05, 3.63) is 41.1 Å². The Hall–Kier alpha value is -1.72. The van der Waals surface area contributed by atoms with E-state index in [9.17, 15) is 0 Å². The lowest BCUT2D eigenvalue weighted by molar-refractivity contribution is 1.33. The van der Waals surface area contributed by atoms with Gasteiger partial charge in [0.15, 0.2) is 5.13 Å². The van der Waals surface area contributed by atoms with Crippen molar-refractivity contribution in [2.24, 2.45) is 0 Å². The van der Waals surface area contributed by atoms with Crippen LogP contribution in [0.3, 0.4) is 0 Å². The first-order valence-corrected chi connectivity index (χ1v) is 6.81. The zero-order valence-corrected chi connectivity index (χ0v) is 10.5. The molecule has 3 nitrogen and oxygen atoms in total. The second kappa shape index (κ2) is 4.27. The van der Waals surface area contributed by atoms with Crippen LogP contribution in [0.25, 0.3) is 22.0 Å². The molecule has 0 unspecified atom stereocenters. The third-order valence-corrected chi connectivity index (χ3v) is 3.87. The number of nitrogens with zero attached hydrogens (tertiary/aromatic N) is 2. The normalized spacial score (nSPS) is 10.6. The summed E-state index contributed by atoms with van der Waals surface area (Å²) in [5.41, 5.74) is 8.49. The van der Waals surface area contributed by atoms with Gasteiger partial charge in [0.1, 0.15) is 16.4 Å². The maximum atomic E-state index is 5.62. The standard InChI is InChI=1S/C12H9N3S2/c13-12-15-10(7-17-12)9-6-16-11(14-9)8-4-2-1-3-5-8/h1-7H,(H2,13,15). The molecule has 0 fully saturated rings. The molecule has 2 heterocycles. The first-order chi connectivity index (χ1) is 8.33. The number of anilines is 1. The highest BCUT2D eigenvalue weighted by Crippen LogP contribution is 2.29. The molecule has 0 bridgehead atoms. The van der Waals surface area contributed by atoms with Gasteiger partial charge in [0.25, 0.3) is 0 Å². The SMILES string of the molecule is Nc1nc(-c2csc(-c3ccccc3)n2)cs1. The number of aromatic nitrogens is 2. The summed E-state index contributed by atoms with van der Waals surface area (Å²) < 4.78 is 0. The summed E-state index contributed by atoms with van der Waals surface area (Å²) in [5.74, 6) is 0. The number of nitrogens with two attached hydrogens (primary N) is 1. The van der Waals surface area contributed by atoms with E-state index in [0.29, 0.717) is 5.13 Å². The predicted octanol–water partition coefficient (Wildman–Crippen LogP) is 3.52. The summed E-state index contributed by atoms with van der Waals surface area (Å²) in [6, 6.07) is 10.1. The Labute approximate surface area is 107 Å². The maximum absolute atomic E-state index is 5.62. The molecule has 17 heavy (non-hydrogen) atoms. The fraction of sp³-hybridized carbons (Fsp3) is 0. The number of rotatable bonds is 2. The molecular formula is C12H9N3S2. The smallest absolute Gasteiger partial charge is 0.180 e. The van der Waals surface area contributed by atoms with Crippen molar-refractivity contribution in [2.45, 2.75) is 0 Å². The Bertz CT molecular complexity index is 628. The van der Waals surface area contributed by atoms with Crippen LogP contribution in [0.2, 0.25) is 0 Å². The number of thiazole rings is 2. The van der Waals surface area contributed by atoms with Crippen molar-refractivity contribution in [2.75, 3.05) is 5.73 Å². The quantitative estimate of drug-likeness (QED) is 0.766. The number of nitrogen functional groups attached to an aromatic ring is 1. The van der Waals surface area contributed by atoms with E-state index in [-0.39, 0.29) is 0 Å². The van der Waals surface area contributed by atoms with Gasteiger partial charge in [0.05, 0.1) is 0 Å². The third kappa shape index (κ3) is 2.07. The Morgan fingerprint density at radius 2 is 1.59 bits per heavy atom. The lowest BCUT2D eigenvalue weighted by Gasteiger charge is -1.93. The largest absolute Gasteiger partial charge is 0.375 e. The lowest BCUT2D eigenvalue weighted by atomic mass is 10.2. The van der Waals surface area contributed by atoms with Gasteiger partial charge in [0.2, 0.25) is 0 Å². The molecule has 0 saturated heterocycles. The number of benzene rings is 1. The second-order valence-corrected chi connectivity index (χ2v) is 5.22. The van der Waals surface area contributed by atoms with Gasteiger partial charge in [-0.1, -0.05) is 30.3 Å². The van der Waals surface area contributed by atoms with Crippen molar-refractivity contribution in [1.82, 2.24) is 9.97 Å². The molecule has 0 saturated carbocycles. The molecule has 0 aliphatic carbocycles. The van der Waals surface area contributed by atoms with Gasteiger partial charge in [-0.25, -0.2) is 9.97 Å². The Kier molecular flexibility index (Phi) is 2.62. The molecule has 0 aliphatic rings.